The molecule has 0 saturated carbocycles. The summed E-state index contributed by atoms with van der Waals surface area (Å²) in [7, 11) is 1.50. The molecule has 2 rings (SSSR count). The average Bonchev–Trinajstić information content (AvgIpc) is 3.04. The van der Waals surface area contributed by atoms with Crippen LogP contribution in [0.15, 0.2) is 41.0 Å². The van der Waals surface area contributed by atoms with Gasteiger partial charge in [0.2, 0.25) is 0 Å². The number of nitrogens with two attached hydrogens (primary N) is 1. The van der Waals surface area contributed by atoms with Crippen LogP contribution in [0.4, 0.5) is 5.88 Å². The minimum Gasteiger partial charge on any atom is -0.493 e. The third-order valence-electron chi connectivity index (χ3n) is 3.28. The molecule has 0 amide bonds. The number of rotatable bonds is 8. The second-order valence-electron chi connectivity index (χ2n) is 4.88. The zero-order chi connectivity index (χ0) is 17.5. The van der Waals surface area contributed by atoms with Gasteiger partial charge in [-0.05, 0) is 30.2 Å². The molecule has 25 heavy (non-hydrogen) atoms. The molecule has 1 aromatic heterocycles. The van der Waals surface area contributed by atoms with Gasteiger partial charge in [0, 0.05) is 18.7 Å². The number of hydrogen-bond acceptors (Lipinski definition) is 7. The summed E-state index contributed by atoms with van der Waals surface area (Å²) in [5, 5.41) is 19.5. The third kappa shape index (κ3) is 5.49. The van der Waals surface area contributed by atoms with Crippen molar-refractivity contribution in [2.45, 2.75) is 12.5 Å². The fourth-order valence-corrected chi connectivity index (χ4v) is 2.02. The highest BCUT2D eigenvalue weighted by atomic mass is 35.5. The third-order valence-corrected chi connectivity index (χ3v) is 3.28. The van der Waals surface area contributed by atoms with E-state index in [1.54, 1.807) is 18.2 Å². The Morgan fingerprint density at radius 3 is 2.72 bits per heavy atom. The van der Waals surface area contributed by atoms with Crippen molar-refractivity contribution in [1.29, 1.82) is 0 Å². The summed E-state index contributed by atoms with van der Waals surface area (Å²) in [6, 6.07) is 7.65. The van der Waals surface area contributed by atoms with Crippen molar-refractivity contribution in [2.24, 2.45) is 5.73 Å². The number of benzene rings is 1. The minimum absolute atomic E-state index is 0. The molecule has 136 valence electrons. The molecule has 8 nitrogen and oxygen atoms in total. The Morgan fingerprint density at radius 2 is 2.12 bits per heavy atom. The number of aliphatic hydroxyl groups is 1. The van der Waals surface area contributed by atoms with Crippen LogP contribution in [0.5, 0.6) is 11.5 Å². The molecule has 3 N–H and O–H groups in total. The number of ether oxygens (including phenoxy) is 2. The van der Waals surface area contributed by atoms with Gasteiger partial charge in [-0.25, -0.2) is 0 Å². The van der Waals surface area contributed by atoms with Crippen molar-refractivity contribution in [3.8, 4) is 11.5 Å². The largest absolute Gasteiger partial charge is 0.493 e. The second-order valence-corrected chi connectivity index (χ2v) is 4.88. The lowest BCUT2D eigenvalue weighted by Crippen LogP contribution is -2.12. The van der Waals surface area contributed by atoms with Crippen LogP contribution in [0.3, 0.4) is 0 Å². The summed E-state index contributed by atoms with van der Waals surface area (Å²) >= 11 is 0. The Labute approximate surface area is 150 Å². The molecule has 1 unspecified atom stereocenters. The van der Waals surface area contributed by atoms with E-state index in [4.69, 9.17) is 24.7 Å². The van der Waals surface area contributed by atoms with E-state index < -0.39 is 4.92 Å². The van der Waals surface area contributed by atoms with Gasteiger partial charge >= 0.3 is 5.88 Å². The molecule has 0 radical (unpaired) electrons. The molecule has 1 heterocycles. The van der Waals surface area contributed by atoms with Crippen LogP contribution in [-0.2, 0) is 0 Å². The number of furan rings is 1. The van der Waals surface area contributed by atoms with Gasteiger partial charge in [-0.1, -0.05) is 6.07 Å². The summed E-state index contributed by atoms with van der Waals surface area (Å²) < 4.78 is 15.7. The van der Waals surface area contributed by atoms with Gasteiger partial charge in [0.05, 0.1) is 19.4 Å². The van der Waals surface area contributed by atoms with Gasteiger partial charge in [-0.2, -0.15) is 0 Å². The molecular weight excluding hydrogens is 352 g/mol. The van der Waals surface area contributed by atoms with E-state index in [9.17, 15) is 10.1 Å². The second kappa shape index (κ2) is 9.67. The van der Waals surface area contributed by atoms with Gasteiger partial charge < -0.3 is 24.7 Å². The van der Waals surface area contributed by atoms with E-state index in [0.29, 0.717) is 23.7 Å². The molecule has 0 spiro atoms. The Kier molecular flexibility index (Phi) is 7.93. The summed E-state index contributed by atoms with van der Waals surface area (Å²) in [4.78, 5) is 9.93. The normalized spacial score (nSPS) is 11.8. The highest BCUT2D eigenvalue weighted by Crippen LogP contribution is 2.31. The fraction of sp³-hybridized carbons (Fsp3) is 0.250. The van der Waals surface area contributed by atoms with Gasteiger partial charge in [0.25, 0.3) is 0 Å². The van der Waals surface area contributed by atoms with Crippen LogP contribution < -0.4 is 15.2 Å². The Balaban J connectivity index is 0.00000312. The summed E-state index contributed by atoms with van der Waals surface area (Å²) in [5.74, 6) is 0.891. The van der Waals surface area contributed by atoms with Gasteiger partial charge in [-0.15, -0.1) is 12.4 Å². The van der Waals surface area contributed by atoms with Crippen molar-refractivity contribution in [3.63, 3.8) is 0 Å². The van der Waals surface area contributed by atoms with E-state index in [1.165, 1.54) is 31.6 Å². The minimum atomic E-state index is -0.616. The van der Waals surface area contributed by atoms with Gasteiger partial charge in [0.1, 0.15) is 10.7 Å². The topological polar surface area (TPSA) is 121 Å². The molecule has 0 aliphatic carbocycles. The molecule has 0 aliphatic heterocycles. The van der Waals surface area contributed by atoms with E-state index in [0.717, 1.165) is 5.56 Å². The van der Waals surface area contributed by atoms with Crippen LogP contribution in [0, 0.1) is 10.1 Å². The molecule has 1 aromatic carbocycles. The summed E-state index contributed by atoms with van der Waals surface area (Å²) in [6.07, 6.45) is 3.24. The van der Waals surface area contributed by atoms with Crippen LogP contribution in [0.2, 0.25) is 0 Å². The first kappa shape index (κ1) is 20.5. The molecule has 0 fully saturated rings. The first-order valence-electron chi connectivity index (χ1n) is 7.17. The molecule has 2 aromatic rings. The van der Waals surface area contributed by atoms with Crippen molar-refractivity contribution in [1.82, 2.24) is 0 Å². The van der Waals surface area contributed by atoms with E-state index >= 15 is 0 Å². The van der Waals surface area contributed by atoms with Crippen molar-refractivity contribution >= 4 is 24.4 Å². The van der Waals surface area contributed by atoms with Crippen LogP contribution in [-0.4, -0.2) is 23.7 Å². The van der Waals surface area contributed by atoms with E-state index in [1.807, 2.05) is 0 Å². The standard InChI is InChI=1S/C16H18N2O6.ClH/c1-22-15-10-11(13(17)6-8-19)2-4-14(15)23-9-7-12-3-5-16(24-12)18(20)21;/h2-5,7,9-10,13,19H,6,8,17H2,1H3;1H/b9-7+;. The maximum absolute atomic E-state index is 10.5. The van der Waals surface area contributed by atoms with E-state index in [2.05, 4.69) is 0 Å². The quantitative estimate of drug-likeness (QED) is 0.416. The molecule has 0 aliphatic rings. The number of methoxy groups -OCH3 is 1. The predicted molar refractivity (Wildman–Crippen MR) is 93.9 cm³/mol. The van der Waals surface area contributed by atoms with Gasteiger partial charge in [0.15, 0.2) is 11.5 Å². The molecule has 0 saturated heterocycles. The zero-order valence-electron chi connectivity index (χ0n) is 13.5. The van der Waals surface area contributed by atoms with Crippen molar-refractivity contribution < 1.29 is 23.9 Å². The lowest BCUT2D eigenvalue weighted by molar-refractivity contribution is -0.402. The van der Waals surface area contributed by atoms with Gasteiger partial charge in [-0.3, -0.25) is 10.1 Å². The summed E-state index contributed by atoms with van der Waals surface area (Å²) in [5.41, 5.74) is 6.76. The Morgan fingerprint density at radius 1 is 1.36 bits per heavy atom. The molecule has 9 heteroatoms. The zero-order valence-corrected chi connectivity index (χ0v) is 14.3. The molecular formula is C16H19ClN2O6. The van der Waals surface area contributed by atoms with Crippen molar-refractivity contribution in [2.75, 3.05) is 13.7 Å². The van der Waals surface area contributed by atoms with Crippen molar-refractivity contribution in [3.05, 3.63) is 58.0 Å². The number of halogens is 1. The monoisotopic (exact) mass is 370 g/mol. The lowest BCUT2D eigenvalue weighted by Gasteiger charge is -2.14. The highest BCUT2D eigenvalue weighted by molar-refractivity contribution is 5.85. The Bertz CT molecular complexity index is 731. The maximum Gasteiger partial charge on any atom is 0.433 e. The average molecular weight is 371 g/mol. The lowest BCUT2D eigenvalue weighted by atomic mass is 10.0. The number of hydrogen-bond donors (Lipinski definition) is 2. The van der Waals surface area contributed by atoms with E-state index in [-0.39, 0.29) is 30.9 Å². The molecule has 1 atom stereocenters. The highest BCUT2D eigenvalue weighted by Gasteiger charge is 2.11. The predicted octanol–water partition coefficient (Wildman–Crippen LogP) is 3.05. The SMILES string of the molecule is COc1cc(C(N)CCO)ccc1O/C=C/c1ccc([N+](=O)[O-])o1.Cl. The number of aliphatic hydroxyl groups excluding tert-OH is 1. The first-order chi connectivity index (χ1) is 11.5. The first-order valence-corrected chi connectivity index (χ1v) is 7.17. The van der Waals surface area contributed by atoms with Crippen LogP contribution in [0.25, 0.3) is 6.08 Å². The number of nitrogens with zero attached hydrogens (tertiary/aromatic N) is 1. The number of nitro groups is 1. The van der Waals surface area contributed by atoms with Crippen LogP contribution >= 0.6 is 12.4 Å². The maximum atomic E-state index is 10.5. The van der Waals surface area contributed by atoms with Crippen LogP contribution in [0.1, 0.15) is 23.8 Å². The Hall–Kier alpha value is -2.55. The smallest absolute Gasteiger partial charge is 0.433 e. The summed E-state index contributed by atoms with van der Waals surface area (Å²) in [6.45, 7) is -0.000243. The molecule has 0 bridgehead atoms. The fourth-order valence-electron chi connectivity index (χ4n) is 2.02.